The summed E-state index contributed by atoms with van der Waals surface area (Å²) < 4.78 is 0. The molecule has 3 aromatic rings. The van der Waals surface area contributed by atoms with Crippen LogP contribution in [0.4, 0.5) is 0 Å². The van der Waals surface area contributed by atoms with Crippen molar-refractivity contribution in [2.75, 3.05) is 0 Å². The summed E-state index contributed by atoms with van der Waals surface area (Å²) in [5.74, 6) is 0.0950. The Morgan fingerprint density at radius 2 is 1.81 bits per heavy atom. The molecule has 104 valence electrons. The molecule has 0 aliphatic heterocycles. The molecule has 0 spiro atoms. The standard InChI is InChI=1S/C18H16N2O/c21-18(17-12-19-13-20-17)10-9-14-5-4-8-16(11-14)15-6-2-1-3-7-15/h1-8,11-13H,9-10H2,(H,19,20). The number of nitrogens with one attached hydrogen (secondary N) is 1. The molecule has 3 heteroatoms. The van der Waals surface area contributed by atoms with Crippen molar-refractivity contribution >= 4 is 5.78 Å². The van der Waals surface area contributed by atoms with E-state index in [9.17, 15) is 4.79 Å². The smallest absolute Gasteiger partial charge is 0.180 e. The van der Waals surface area contributed by atoms with Crippen LogP contribution < -0.4 is 0 Å². The van der Waals surface area contributed by atoms with E-state index >= 15 is 0 Å². The zero-order valence-corrected chi connectivity index (χ0v) is 11.6. The van der Waals surface area contributed by atoms with Gasteiger partial charge in [-0.15, -0.1) is 0 Å². The molecule has 2 aromatic carbocycles. The Balaban J connectivity index is 1.71. The zero-order valence-electron chi connectivity index (χ0n) is 11.6. The summed E-state index contributed by atoms with van der Waals surface area (Å²) in [6, 6.07) is 18.6. The third-order valence-electron chi connectivity index (χ3n) is 3.47. The van der Waals surface area contributed by atoms with Gasteiger partial charge in [0.2, 0.25) is 0 Å². The molecule has 0 aliphatic rings. The molecular weight excluding hydrogens is 260 g/mol. The van der Waals surface area contributed by atoms with Gasteiger partial charge in [-0.3, -0.25) is 4.79 Å². The molecule has 0 saturated heterocycles. The van der Waals surface area contributed by atoms with E-state index in [2.05, 4.69) is 40.3 Å². The SMILES string of the molecule is O=C(CCc1cccc(-c2ccccc2)c1)c1cnc[nH]1. The van der Waals surface area contributed by atoms with Gasteiger partial charge < -0.3 is 4.98 Å². The average molecular weight is 276 g/mol. The third kappa shape index (κ3) is 3.26. The Morgan fingerprint density at radius 3 is 2.57 bits per heavy atom. The fraction of sp³-hybridized carbons (Fsp3) is 0.111. The highest BCUT2D eigenvalue weighted by molar-refractivity contribution is 5.94. The van der Waals surface area contributed by atoms with Gasteiger partial charge in [-0.2, -0.15) is 0 Å². The summed E-state index contributed by atoms with van der Waals surface area (Å²) in [5.41, 5.74) is 4.12. The van der Waals surface area contributed by atoms with Gasteiger partial charge in [0, 0.05) is 6.42 Å². The number of rotatable bonds is 5. The van der Waals surface area contributed by atoms with Crippen molar-refractivity contribution in [3.05, 3.63) is 78.4 Å². The van der Waals surface area contributed by atoms with E-state index in [4.69, 9.17) is 0 Å². The lowest BCUT2D eigenvalue weighted by Gasteiger charge is -2.05. The summed E-state index contributed by atoms with van der Waals surface area (Å²) in [6.07, 6.45) is 4.32. The fourth-order valence-electron chi connectivity index (χ4n) is 2.34. The van der Waals surface area contributed by atoms with Crippen LogP contribution in [-0.2, 0) is 6.42 Å². The maximum atomic E-state index is 12.0. The topological polar surface area (TPSA) is 45.8 Å². The van der Waals surface area contributed by atoms with E-state index in [0.717, 1.165) is 6.42 Å². The van der Waals surface area contributed by atoms with Crippen molar-refractivity contribution in [2.45, 2.75) is 12.8 Å². The predicted molar refractivity (Wildman–Crippen MR) is 83.1 cm³/mol. The fourth-order valence-corrected chi connectivity index (χ4v) is 2.34. The molecule has 0 unspecified atom stereocenters. The summed E-state index contributed by atoms with van der Waals surface area (Å²) >= 11 is 0. The van der Waals surface area contributed by atoms with Gasteiger partial charge in [-0.25, -0.2) is 4.98 Å². The lowest BCUT2D eigenvalue weighted by molar-refractivity contribution is 0.0978. The maximum Gasteiger partial charge on any atom is 0.180 e. The molecule has 0 fully saturated rings. The molecule has 0 aliphatic carbocycles. The van der Waals surface area contributed by atoms with Crippen LogP contribution in [0.25, 0.3) is 11.1 Å². The van der Waals surface area contributed by atoms with Crippen molar-refractivity contribution in [1.29, 1.82) is 0 Å². The van der Waals surface area contributed by atoms with E-state index in [-0.39, 0.29) is 5.78 Å². The van der Waals surface area contributed by atoms with Crippen molar-refractivity contribution in [1.82, 2.24) is 9.97 Å². The first-order valence-corrected chi connectivity index (χ1v) is 6.99. The molecule has 0 bridgehead atoms. The number of aromatic nitrogens is 2. The second-order valence-corrected chi connectivity index (χ2v) is 4.95. The highest BCUT2D eigenvalue weighted by atomic mass is 16.1. The minimum Gasteiger partial charge on any atom is -0.342 e. The normalized spacial score (nSPS) is 10.5. The first kappa shape index (κ1) is 13.3. The summed E-state index contributed by atoms with van der Waals surface area (Å²) in [5, 5.41) is 0. The van der Waals surface area contributed by atoms with Gasteiger partial charge >= 0.3 is 0 Å². The molecule has 3 nitrogen and oxygen atoms in total. The van der Waals surface area contributed by atoms with Crippen LogP contribution in [0.5, 0.6) is 0 Å². The molecule has 0 saturated carbocycles. The van der Waals surface area contributed by atoms with Gasteiger partial charge in [0.1, 0.15) is 5.69 Å². The Bertz CT molecular complexity index is 718. The number of imidazole rings is 1. The minimum atomic E-state index is 0.0950. The Labute approximate surface area is 123 Å². The van der Waals surface area contributed by atoms with E-state index < -0.39 is 0 Å². The highest BCUT2D eigenvalue weighted by Gasteiger charge is 2.07. The molecule has 1 N–H and O–H groups in total. The van der Waals surface area contributed by atoms with Gasteiger partial charge in [0.25, 0.3) is 0 Å². The van der Waals surface area contributed by atoms with Crippen molar-refractivity contribution < 1.29 is 4.79 Å². The van der Waals surface area contributed by atoms with Crippen LogP contribution in [0.2, 0.25) is 0 Å². The quantitative estimate of drug-likeness (QED) is 0.718. The number of Topliss-reactive ketones (excluding diaryl/α,β-unsaturated/α-hetero) is 1. The number of carbonyl (C=O) groups is 1. The molecule has 21 heavy (non-hydrogen) atoms. The number of hydrogen-bond acceptors (Lipinski definition) is 2. The van der Waals surface area contributed by atoms with Gasteiger partial charge in [0.05, 0.1) is 12.5 Å². The van der Waals surface area contributed by atoms with E-state index in [1.165, 1.54) is 23.0 Å². The molecular formula is C18H16N2O. The van der Waals surface area contributed by atoms with E-state index in [1.807, 2.05) is 24.3 Å². The highest BCUT2D eigenvalue weighted by Crippen LogP contribution is 2.20. The first-order valence-electron chi connectivity index (χ1n) is 6.99. The first-order chi connectivity index (χ1) is 10.3. The van der Waals surface area contributed by atoms with Crippen LogP contribution in [0.3, 0.4) is 0 Å². The second kappa shape index (κ2) is 6.18. The van der Waals surface area contributed by atoms with Crippen LogP contribution in [-0.4, -0.2) is 15.8 Å². The maximum absolute atomic E-state index is 12.0. The Morgan fingerprint density at radius 1 is 1.00 bits per heavy atom. The number of H-pyrrole nitrogens is 1. The van der Waals surface area contributed by atoms with E-state index in [0.29, 0.717) is 12.1 Å². The monoisotopic (exact) mass is 276 g/mol. The average Bonchev–Trinajstić information content (AvgIpc) is 3.08. The largest absolute Gasteiger partial charge is 0.342 e. The molecule has 1 aromatic heterocycles. The third-order valence-corrected chi connectivity index (χ3v) is 3.47. The number of ketones is 1. The Hall–Kier alpha value is -2.68. The summed E-state index contributed by atoms with van der Waals surface area (Å²) in [7, 11) is 0. The van der Waals surface area contributed by atoms with Crippen LogP contribution >= 0.6 is 0 Å². The Kier molecular flexibility index (Phi) is 3.92. The molecule has 0 radical (unpaired) electrons. The summed E-state index contributed by atoms with van der Waals surface area (Å²) in [6.45, 7) is 0. The lowest BCUT2D eigenvalue weighted by Crippen LogP contribution is -2.01. The zero-order chi connectivity index (χ0) is 14.5. The lowest BCUT2D eigenvalue weighted by atomic mass is 10.00. The second-order valence-electron chi connectivity index (χ2n) is 4.95. The number of nitrogens with zero attached hydrogens (tertiary/aromatic N) is 1. The number of benzene rings is 2. The molecule has 0 amide bonds. The number of aromatic amines is 1. The molecule has 0 atom stereocenters. The van der Waals surface area contributed by atoms with Gasteiger partial charge in [0.15, 0.2) is 5.78 Å². The van der Waals surface area contributed by atoms with Crippen molar-refractivity contribution in [3.63, 3.8) is 0 Å². The van der Waals surface area contributed by atoms with Crippen LogP contribution in [0, 0.1) is 0 Å². The summed E-state index contributed by atoms with van der Waals surface area (Å²) in [4.78, 5) is 18.7. The minimum absolute atomic E-state index is 0.0950. The van der Waals surface area contributed by atoms with Gasteiger partial charge in [-0.1, -0.05) is 54.6 Å². The number of aryl methyl sites for hydroxylation is 1. The predicted octanol–water partition coefficient (Wildman–Crippen LogP) is 3.89. The van der Waals surface area contributed by atoms with Crippen molar-refractivity contribution in [2.24, 2.45) is 0 Å². The van der Waals surface area contributed by atoms with Crippen molar-refractivity contribution in [3.8, 4) is 11.1 Å². The van der Waals surface area contributed by atoms with Crippen LogP contribution in [0.1, 0.15) is 22.5 Å². The van der Waals surface area contributed by atoms with E-state index in [1.54, 1.807) is 6.20 Å². The number of carbonyl (C=O) groups excluding carboxylic acids is 1. The molecule has 1 heterocycles. The van der Waals surface area contributed by atoms with Gasteiger partial charge in [-0.05, 0) is 23.1 Å². The van der Waals surface area contributed by atoms with Crippen LogP contribution in [0.15, 0.2) is 67.1 Å². The molecule has 3 rings (SSSR count). The number of hydrogen-bond donors (Lipinski definition) is 1.